The maximum absolute atomic E-state index is 12.7. The lowest BCUT2D eigenvalue weighted by Crippen LogP contribution is -2.67. The van der Waals surface area contributed by atoms with E-state index in [9.17, 15) is 9.59 Å². The molecule has 126 valence electrons. The largest absolute Gasteiger partial charge is 0.331 e. The normalized spacial score (nSPS) is 17.6. The van der Waals surface area contributed by atoms with Crippen molar-refractivity contribution in [3.05, 3.63) is 35.4 Å². The number of nitrogens with zero attached hydrogens (tertiary/aromatic N) is 1. The minimum absolute atomic E-state index is 0.0482. The van der Waals surface area contributed by atoms with Crippen molar-refractivity contribution in [2.24, 2.45) is 0 Å². The highest BCUT2D eigenvalue weighted by Crippen LogP contribution is 2.38. The molecule has 23 heavy (non-hydrogen) atoms. The van der Waals surface area contributed by atoms with Gasteiger partial charge in [0.15, 0.2) is 0 Å². The van der Waals surface area contributed by atoms with Crippen LogP contribution in [0.25, 0.3) is 0 Å². The van der Waals surface area contributed by atoms with Gasteiger partial charge in [0, 0.05) is 0 Å². The first kappa shape index (κ1) is 17.5. The third kappa shape index (κ3) is 3.41. The Morgan fingerprint density at radius 1 is 1.22 bits per heavy atom. The Hall–Kier alpha value is -1.84. The van der Waals surface area contributed by atoms with Crippen LogP contribution >= 0.6 is 0 Å². The number of amides is 3. The van der Waals surface area contributed by atoms with Crippen LogP contribution in [0.15, 0.2) is 24.3 Å². The molecule has 1 saturated heterocycles. The number of imide groups is 1. The van der Waals surface area contributed by atoms with Gasteiger partial charge in [-0.25, -0.2) is 4.79 Å². The third-order valence-electron chi connectivity index (χ3n) is 5.08. The molecular weight excluding hydrogens is 288 g/mol. The molecule has 1 aliphatic rings. The van der Waals surface area contributed by atoms with E-state index < -0.39 is 0 Å². The van der Waals surface area contributed by atoms with Gasteiger partial charge in [-0.3, -0.25) is 9.69 Å². The van der Waals surface area contributed by atoms with Crippen LogP contribution in [-0.4, -0.2) is 22.4 Å². The Kier molecular flexibility index (Phi) is 5.45. The van der Waals surface area contributed by atoms with Crippen LogP contribution in [0.2, 0.25) is 0 Å². The van der Waals surface area contributed by atoms with E-state index in [4.69, 9.17) is 0 Å². The van der Waals surface area contributed by atoms with E-state index in [-0.39, 0.29) is 23.5 Å². The zero-order chi connectivity index (χ0) is 17.0. The van der Waals surface area contributed by atoms with Crippen molar-refractivity contribution >= 4 is 11.9 Å². The van der Waals surface area contributed by atoms with Crippen molar-refractivity contribution in [2.45, 2.75) is 71.4 Å². The number of benzene rings is 1. The van der Waals surface area contributed by atoms with Gasteiger partial charge >= 0.3 is 6.03 Å². The second-order valence-electron chi connectivity index (χ2n) is 6.54. The smallest absolute Gasteiger partial charge is 0.325 e. The van der Waals surface area contributed by atoms with Gasteiger partial charge in [0.2, 0.25) is 5.91 Å². The average molecular weight is 316 g/mol. The molecule has 0 bridgehead atoms. The highest BCUT2D eigenvalue weighted by Gasteiger charge is 2.51. The molecule has 4 nitrogen and oxygen atoms in total. The van der Waals surface area contributed by atoms with Crippen LogP contribution in [0, 0.1) is 6.92 Å². The molecule has 1 aromatic rings. The van der Waals surface area contributed by atoms with Gasteiger partial charge in [-0.2, -0.15) is 0 Å². The van der Waals surface area contributed by atoms with Gasteiger partial charge < -0.3 is 5.32 Å². The number of aryl methyl sites for hydroxylation is 1. The maximum atomic E-state index is 12.7. The summed E-state index contributed by atoms with van der Waals surface area (Å²) in [5.41, 5.74) is 2.01. The van der Waals surface area contributed by atoms with E-state index in [2.05, 4.69) is 36.5 Å². The van der Waals surface area contributed by atoms with E-state index in [1.54, 1.807) is 0 Å². The summed E-state index contributed by atoms with van der Waals surface area (Å²) in [4.78, 5) is 26.1. The minimum atomic E-state index is -0.287. The van der Waals surface area contributed by atoms with Gasteiger partial charge in [-0.1, -0.05) is 57.0 Å². The predicted molar refractivity (Wildman–Crippen MR) is 92.1 cm³/mol. The highest BCUT2D eigenvalue weighted by atomic mass is 16.2. The molecule has 4 heteroatoms. The quantitative estimate of drug-likeness (QED) is 0.794. The second-order valence-corrected chi connectivity index (χ2v) is 6.54. The summed E-state index contributed by atoms with van der Waals surface area (Å²) in [6.45, 7) is 8.23. The van der Waals surface area contributed by atoms with Crippen LogP contribution in [0.3, 0.4) is 0 Å². The van der Waals surface area contributed by atoms with Gasteiger partial charge in [0.05, 0.1) is 18.0 Å². The fourth-order valence-corrected chi connectivity index (χ4v) is 3.38. The van der Waals surface area contributed by atoms with Gasteiger partial charge in [0.1, 0.15) is 0 Å². The fourth-order valence-electron chi connectivity index (χ4n) is 3.38. The lowest BCUT2D eigenvalue weighted by molar-refractivity contribution is -0.150. The van der Waals surface area contributed by atoms with Crippen LogP contribution in [0.4, 0.5) is 4.79 Å². The van der Waals surface area contributed by atoms with Crippen molar-refractivity contribution in [3.8, 4) is 0 Å². The van der Waals surface area contributed by atoms with Gasteiger partial charge in [-0.05, 0) is 31.7 Å². The summed E-state index contributed by atoms with van der Waals surface area (Å²) < 4.78 is 0. The van der Waals surface area contributed by atoms with Crippen LogP contribution in [-0.2, 0) is 4.79 Å². The summed E-state index contributed by atoms with van der Waals surface area (Å²) >= 11 is 0. The molecule has 0 unspecified atom stereocenters. The van der Waals surface area contributed by atoms with Crippen LogP contribution in [0.5, 0.6) is 0 Å². The summed E-state index contributed by atoms with van der Waals surface area (Å²) in [7, 11) is 0. The predicted octanol–water partition coefficient (Wildman–Crippen LogP) is 4.34. The monoisotopic (exact) mass is 316 g/mol. The second kappa shape index (κ2) is 7.16. The SMILES string of the molecule is CCC[C@@H](NC(=O)N1C(=O)CC1(CC)CC)c1ccc(C)cc1. The molecule has 0 aliphatic carbocycles. The number of urea groups is 1. The molecule has 1 aliphatic heterocycles. The number of nitrogens with one attached hydrogen (secondary N) is 1. The Bertz CT molecular complexity index is 561. The fraction of sp³-hybridized carbons (Fsp3) is 0.579. The van der Waals surface area contributed by atoms with Crippen LogP contribution in [0.1, 0.15) is 70.0 Å². The first-order valence-corrected chi connectivity index (χ1v) is 8.67. The summed E-state index contributed by atoms with van der Waals surface area (Å²) in [6, 6.07) is 7.93. The van der Waals surface area contributed by atoms with E-state index in [1.807, 2.05) is 20.8 Å². The highest BCUT2D eigenvalue weighted by molar-refractivity contribution is 6.01. The number of carbonyl (C=O) groups is 2. The maximum Gasteiger partial charge on any atom is 0.325 e. The Labute approximate surface area is 139 Å². The number of hydrogen-bond donors (Lipinski definition) is 1. The molecule has 3 amide bonds. The Balaban J connectivity index is 2.15. The Morgan fingerprint density at radius 2 is 1.83 bits per heavy atom. The van der Waals surface area contributed by atoms with E-state index in [0.29, 0.717) is 6.42 Å². The van der Waals surface area contributed by atoms with Gasteiger partial charge in [0.25, 0.3) is 0 Å². The number of rotatable bonds is 6. The molecule has 1 atom stereocenters. The van der Waals surface area contributed by atoms with Crippen molar-refractivity contribution in [1.82, 2.24) is 10.2 Å². The van der Waals surface area contributed by atoms with E-state index in [1.165, 1.54) is 10.5 Å². The number of carbonyl (C=O) groups excluding carboxylic acids is 2. The van der Waals surface area contributed by atoms with Crippen LogP contribution < -0.4 is 5.32 Å². The third-order valence-corrected chi connectivity index (χ3v) is 5.08. The molecule has 0 aromatic heterocycles. The average Bonchev–Trinajstić information content (AvgIpc) is 2.52. The topological polar surface area (TPSA) is 49.4 Å². The molecule has 1 N–H and O–H groups in total. The molecule has 0 radical (unpaired) electrons. The van der Waals surface area contributed by atoms with Crippen molar-refractivity contribution < 1.29 is 9.59 Å². The first-order chi connectivity index (χ1) is 11.0. The Morgan fingerprint density at radius 3 is 2.30 bits per heavy atom. The molecule has 1 fully saturated rings. The molecule has 1 aromatic carbocycles. The van der Waals surface area contributed by atoms with E-state index >= 15 is 0 Å². The lowest BCUT2D eigenvalue weighted by Gasteiger charge is -2.50. The number of hydrogen-bond acceptors (Lipinski definition) is 2. The summed E-state index contributed by atoms with van der Waals surface area (Å²) in [5.74, 6) is -0.0645. The molecular formula is C19H28N2O2. The van der Waals surface area contributed by atoms with Crippen molar-refractivity contribution in [1.29, 1.82) is 0 Å². The zero-order valence-corrected chi connectivity index (χ0v) is 14.7. The summed E-state index contributed by atoms with van der Waals surface area (Å²) in [6.07, 6.45) is 3.94. The van der Waals surface area contributed by atoms with Gasteiger partial charge in [-0.15, -0.1) is 0 Å². The summed E-state index contributed by atoms with van der Waals surface area (Å²) in [5, 5.41) is 3.08. The number of β-lactam (4-membered cyclic amide) rings is 1. The first-order valence-electron chi connectivity index (χ1n) is 8.67. The van der Waals surface area contributed by atoms with Crippen molar-refractivity contribution in [2.75, 3.05) is 0 Å². The van der Waals surface area contributed by atoms with E-state index in [0.717, 1.165) is 31.2 Å². The molecule has 0 saturated carbocycles. The number of likely N-dealkylation sites (tertiary alicyclic amines) is 1. The molecule has 2 rings (SSSR count). The molecule has 0 spiro atoms. The molecule has 1 heterocycles. The van der Waals surface area contributed by atoms with Crippen molar-refractivity contribution in [3.63, 3.8) is 0 Å². The zero-order valence-electron chi connectivity index (χ0n) is 14.7. The lowest BCUT2D eigenvalue weighted by atomic mass is 9.79. The standard InChI is InChI=1S/C19H28N2O2/c1-5-8-16(15-11-9-14(4)10-12-15)20-18(23)21-17(22)13-19(21,6-2)7-3/h9-12,16H,5-8,13H2,1-4H3,(H,20,23)/t16-/m1/s1. The minimum Gasteiger partial charge on any atom is -0.331 e.